The van der Waals surface area contributed by atoms with Crippen molar-refractivity contribution in [3.05, 3.63) is 105 Å². The number of carbonyl (C=O) groups excluding carboxylic acids is 2. The molecule has 5 rings (SSSR count). The van der Waals surface area contributed by atoms with Gasteiger partial charge in [-0.05, 0) is 82.1 Å². The lowest BCUT2D eigenvalue weighted by atomic mass is 10.0. The van der Waals surface area contributed by atoms with Gasteiger partial charge in [-0.3, -0.25) is 14.4 Å². The van der Waals surface area contributed by atoms with E-state index in [4.69, 9.17) is 18.9 Å². The van der Waals surface area contributed by atoms with E-state index >= 15 is 0 Å². The van der Waals surface area contributed by atoms with Gasteiger partial charge in [0.15, 0.2) is 23.2 Å². The first-order chi connectivity index (χ1) is 23.0. The Morgan fingerprint density at radius 1 is 0.812 bits per heavy atom. The molecular weight excluding hydrogens is 649 g/mol. The number of ether oxygens (including phenoxy) is 4. The minimum Gasteiger partial charge on any atom is -0.486 e. The number of esters is 1. The van der Waals surface area contributed by atoms with Gasteiger partial charge in [0.2, 0.25) is 0 Å². The Balaban J connectivity index is 1.05. The SMILES string of the molecule is C=Cc1sc2cc(OCC(=O)OC(C)(C)CCCOC(C)C(=O)COc3ccc4c(=O)c5ccccc5sc4c3)ccc2c(=O)c1C=C. The highest BCUT2D eigenvalue weighted by Gasteiger charge is 2.24. The molecule has 1 unspecified atom stereocenters. The van der Waals surface area contributed by atoms with Crippen LogP contribution < -0.4 is 20.3 Å². The van der Waals surface area contributed by atoms with E-state index in [1.165, 1.54) is 28.7 Å². The number of rotatable bonds is 15. The van der Waals surface area contributed by atoms with Crippen molar-refractivity contribution in [2.75, 3.05) is 19.8 Å². The van der Waals surface area contributed by atoms with Crippen molar-refractivity contribution in [1.82, 2.24) is 0 Å². The summed E-state index contributed by atoms with van der Waals surface area (Å²) in [5, 5.41) is 1.84. The number of carbonyl (C=O) groups is 2. The third-order valence-electron chi connectivity index (χ3n) is 7.74. The smallest absolute Gasteiger partial charge is 0.344 e. The Morgan fingerprint density at radius 2 is 1.44 bits per heavy atom. The quantitative estimate of drug-likeness (QED) is 0.0625. The van der Waals surface area contributed by atoms with Crippen molar-refractivity contribution in [2.24, 2.45) is 0 Å². The summed E-state index contributed by atoms with van der Waals surface area (Å²) in [6.07, 6.45) is 3.52. The predicted octanol–water partition coefficient (Wildman–Crippen LogP) is 7.81. The minimum atomic E-state index is -0.782. The third-order valence-corrected chi connectivity index (χ3v) is 10.0. The molecule has 0 aliphatic rings. The number of Topliss-reactive ketones (excluding diaryl/α,β-unsaturated/α-hetero) is 1. The van der Waals surface area contributed by atoms with Gasteiger partial charge in [0.05, 0.1) is 0 Å². The summed E-state index contributed by atoms with van der Waals surface area (Å²) in [4.78, 5) is 51.5. The minimum absolute atomic E-state index is 0.0250. The molecule has 0 amide bonds. The van der Waals surface area contributed by atoms with E-state index in [0.29, 0.717) is 62.2 Å². The van der Waals surface area contributed by atoms with Crippen molar-refractivity contribution in [3.8, 4) is 11.5 Å². The van der Waals surface area contributed by atoms with Gasteiger partial charge in [-0.1, -0.05) is 37.4 Å². The molecule has 2 aromatic heterocycles. The van der Waals surface area contributed by atoms with Crippen LogP contribution in [0.4, 0.5) is 0 Å². The van der Waals surface area contributed by atoms with E-state index in [-0.39, 0.29) is 29.9 Å². The van der Waals surface area contributed by atoms with Crippen LogP contribution in [-0.4, -0.2) is 43.3 Å². The normalized spacial score (nSPS) is 12.1. The van der Waals surface area contributed by atoms with Gasteiger partial charge >= 0.3 is 5.97 Å². The summed E-state index contributed by atoms with van der Waals surface area (Å²) in [5.74, 6) is 0.199. The van der Waals surface area contributed by atoms with Crippen molar-refractivity contribution < 1.29 is 28.5 Å². The second-order valence-electron chi connectivity index (χ2n) is 11.8. The molecule has 3 aromatic carbocycles. The molecule has 0 N–H and O–H groups in total. The highest BCUT2D eigenvalue weighted by atomic mass is 32.1. The second kappa shape index (κ2) is 15.1. The fourth-order valence-corrected chi connectivity index (χ4v) is 7.32. The van der Waals surface area contributed by atoms with Crippen LogP contribution in [0.15, 0.2) is 83.4 Å². The summed E-state index contributed by atoms with van der Waals surface area (Å²) >= 11 is 2.89. The van der Waals surface area contributed by atoms with Crippen molar-refractivity contribution in [3.63, 3.8) is 0 Å². The number of ketones is 1. The summed E-state index contributed by atoms with van der Waals surface area (Å²) < 4.78 is 25.2. The molecule has 8 nitrogen and oxygen atoms in total. The van der Waals surface area contributed by atoms with Gasteiger partial charge < -0.3 is 18.9 Å². The first-order valence-electron chi connectivity index (χ1n) is 15.4. The lowest BCUT2D eigenvalue weighted by Crippen LogP contribution is -2.31. The summed E-state index contributed by atoms with van der Waals surface area (Å²) in [5.41, 5.74) is -0.429. The van der Waals surface area contributed by atoms with Gasteiger partial charge in [0.25, 0.3) is 0 Å². The van der Waals surface area contributed by atoms with E-state index in [2.05, 4.69) is 13.2 Å². The van der Waals surface area contributed by atoms with Crippen LogP contribution in [0, 0.1) is 0 Å². The van der Waals surface area contributed by atoms with Crippen LogP contribution in [0.2, 0.25) is 0 Å². The standard InChI is InChI=1S/C38H36O8S2/c1-6-26-31(7-2)47-33-20-25(14-15-28(33)36(26)41)45-22-35(40)46-38(4,5)17-10-18-43-23(3)30(39)21-44-24-13-16-29-34(19-24)48-32-12-9-8-11-27(32)37(29)42/h6-9,11-16,19-20,23H,1-2,10,17-18,21-22H2,3-5H3. The Morgan fingerprint density at radius 3 is 2.12 bits per heavy atom. The van der Waals surface area contributed by atoms with Gasteiger partial charge in [-0.15, -0.1) is 22.7 Å². The Kier molecular flexibility index (Phi) is 10.9. The molecule has 2 heterocycles. The molecule has 0 aliphatic carbocycles. The first kappa shape index (κ1) is 34.7. The molecule has 48 heavy (non-hydrogen) atoms. The summed E-state index contributed by atoms with van der Waals surface area (Å²) in [6, 6.07) is 17.7. The van der Waals surface area contributed by atoms with E-state index in [9.17, 15) is 19.2 Å². The zero-order chi connectivity index (χ0) is 34.4. The molecule has 5 aromatic rings. The summed E-state index contributed by atoms with van der Waals surface area (Å²) in [7, 11) is 0. The Hall–Kier alpha value is -4.64. The number of hydrogen-bond acceptors (Lipinski definition) is 10. The number of hydrogen-bond donors (Lipinski definition) is 0. The van der Waals surface area contributed by atoms with E-state index in [1.54, 1.807) is 63.2 Å². The zero-order valence-corrected chi connectivity index (χ0v) is 28.7. The number of benzene rings is 3. The van der Waals surface area contributed by atoms with Crippen molar-refractivity contribution in [2.45, 2.75) is 45.3 Å². The van der Waals surface area contributed by atoms with Gasteiger partial charge in [0, 0.05) is 47.3 Å². The maximum atomic E-state index is 12.8. The van der Waals surface area contributed by atoms with Gasteiger partial charge in [-0.25, -0.2) is 4.79 Å². The summed E-state index contributed by atoms with van der Waals surface area (Å²) in [6.45, 7) is 12.6. The van der Waals surface area contributed by atoms with E-state index in [1.807, 2.05) is 24.3 Å². The molecule has 248 valence electrons. The van der Waals surface area contributed by atoms with Crippen molar-refractivity contribution in [1.29, 1.82) is 0 Å². The predicted molar refractivity (Wildman–Crippen MR) is 195 cm³/mol. The maximum absolute atomic E-state index is 12.8. The molecule has 10 heteroatoms. The molecule has 0 radical (unpaired) electrons. The largest absolute Gasteiger partial charge is 0.486 e. The maximum Gasteiger partial charge on any atom is 0.344 e. The molecule has 0 saturated carbocycles. The zero-order valence-electron chi connectivity index (χ0n) is 27.0. The third kappa shape index (κ3) is 8.07. The average molecular weight is 685 g/mol. The monoisotopic (exact) mass is 684 g/mol. The van der Waals surface area contributed by atoms with Crippen LogP contribution in [0.25, 0.3) is 42.4 Å². The van der Waals surface area contributed by atoms with Crippen LogP contribution in [0.5, 0.6) is 11.5 Å². The lowest BCUT2D eigenvalue weighted by Gasteiger charge is -2.25. The van der Waals surface area contributed by atoms with Gasteiger partial charge in [-0.2, -0.15) is 0 Å². The highest BCUT2D eigenvalue weighted by molar-refractivity contribution is 7.24. The molecular formula is C38H36O8S2. The Labute approximate surface area is 285 Å². The molecule has 0 aliphatic heterocycles. The highest BCUT2D eigenvalue weighted by Crippen LogP contribution is 2.29. The van der Waals surface area contributed by atoms with Crippen LogP contribution in [0.3, 0.4) is 0 Å². The Bertz CT molecular complexity index is 2140. The molecule has 0 spiro atoms. The molecule has 1 atom stereocenters. The molecule has 0 bridgehead atoms. The van der Waals surface area contributed by atoms with E-state index in [0.717, 1.165) is 9.40 Å². The molecule has 0 saturated heterocycles. The van der Waals surface area contributed by atoms with E-state index < -0.39 is 17.7 Å². The fourth-order valence-electron chi connectivity index (χ4n) is 5.16. The van der Waals surface area contributed by atoms with Crippen LogP contribution >= 0.6 is 22.7 Å². The second-order valence-corrected chi connectivity index (χ2v) is 13.9. The first-order valence-corrected chi connectivity index (χ1v) is 17.1. The van der Waals surface area contributed by atoms with Crippen LogP contribution in [-0.2, 0) is 19.1 Å². The topological polar surface area (TPSA) is 105 Å². The molecule has 0 fully saturated rings. The van der Waals surface area contributed by atoms with Crippen LogP contribution in [0.1, 0.15) is 44.1 Å². The average Bonchev–Trinajstić information content (AvgIpc) is 3.07. The number of fused-ring (bicyclic) bond motifs is 3. The van der Waals surface area contributed by atoms with Gasteiger partial charge in [0.1, 0.15) is 29.8 Å². The lowest BCUT2D eigenvalue weighted by molar-refractivity contribution is -0.159. The van der Waals surface area contributed by atoms with Crippen molar-refractivity contribution >= 4 is 76.8 Å². The fraction of sp³-hybridized carbons (Fsp3) is 0.263.